The fourth-order valence-electron chi connectivity index (χ4n) is 4.54. The molecular formula is C31H39Cl2N3O3. The average Bonchev–Trinajstić information content (AvgIpc) is 2.89. The van der Waals surface area contributed by atoms with Crippen molar-refractivity contribution in [3.05, 3.63) is 87.5 Å². The first-order chi connectivity index (χ1) is 18.5. The molecule has 1 heterocycles. The van der Waals surface area contributed by atoms with Crippen LogP contribution in [0.4, 0.5) is 0 Å². The lowest BCUT2D eigenvalue weighted by Crippen LogP contribution is -2.46. The summed E-state index contributed by atoms with van der Waals surface area (Å²) < 4.78 is 0. The van der Waals surface area contributed by atoms with Gasteiger partial charge in [0.05, 0.1) is 18.2 Å². The molecule has 3 aromatic rings. The standard InChI is InChI=1S/C31H39Cl2N3O3/c1-31(2,16-8-11-22-9-5-4-6-10-22)34-19-25(37)20-36(3)21-26-27(32)17-23(18-28(26)33)29-13-7-12-24(35-29)14-15-30(38)39/h4-7,9-10,12-13,17-18,25,34,37H,8,11,14-16,19-21H2,1-3H3,(H,38,39)/t25-/m1/s1. The van der Waals surface area contributed by atoms with Gasteiger partial charge in [-0.15, -0.1) is 0 Å². The van der Waals surface area contributed by atoms with E-state index in [1.54, 1.807) is 0 Å². The Morgan fingerprint density at radius 1 is 1.05 bits per heavy atom. The number of halogens is 2. The number of aliphatic hydroxyl groups excluding tert-OH is 1. The maximum Gasteiger partial charge on any atom is 0.303 e. The summed E-state index contributed by atoms with van der Waals surface area (Å²) in [5, 5.41) is 24.2. The number of benzene rings is 2. The Bertz CT molecular complexity index is 1200. The molecule has 0 fully saturated rings. The summed E-state index contributed by atoms with van der Waals surface area (Å²) in [7, 11) is 1.93. The van der Waals surface area contributed by atoms with Crippen molar-refractivity contribution in [2.75, 3.05) is 20.1 Å². The predicted molar refractivity (Wildman–Crippen MR) is 159 cm³/mol. The lowest BCUT2D eigenvalue weighted by molar-refractivity contribution is -0.136. The van der Waals surface area contributed by atoms with Crippen LogP contribution in [0, 0.1) is 0 Å². The van der Waals surface area contributed by atoms with Gasteiger partial charge in [0.2, 0.25) is 0 Å². The molecule has 0 aliphatic carbocycles. The highest BCUT2D eigenvalue weighted by molar-refractivity contribution is 6.36. The number of hydrogen-bond donors (Lipinski definition) is 3. The number of carboxylic acids is 1. The monoisotopic (exact) mass is 571 g/mol. The molecule has 2 aromatic carbocycles. The van der Waals surface area contributed by atoms with Gasteiger partial charge in [-0.1, -0.05) is 59.6 Å². The van der Waals surface area contributed by atoms with E-state index in [4.69, 9.17) is 28.3 Å². The molecule has 0 bridgehead atoms. The van der Waals surface area contributed by atoms with Crippen LogP contribution in [0.15, 0.2) is 60.7 Å². The Balaban J connectivity index is 1.51. The molecule has 3 rings (SSSR count). The Morgan fingerprint density at radius 3 is 2.41 bits per heavy atom. The molecule has 0 saturated carbocycles. The topological polar surface area (TPSA) is 85.7 Å². The summed E-state index contributed by atoms with van der Waals surface area (Å²) in [6.07, 6.45) is 2.97. The second-order valence-electron chi connectivity index (χ2n) is 10.8. The first-order valence-corrected chi connectivity index (χ1v) is 14.1. The SMILES string of the molecule is CN(Cc1c(Cl)cc(-c2cccc(CCC(=O)O)n2)cc1Cl)C[C@H](O)CNC(C)(C)CCCc1ccccc1. The Labute approximate surface area is 242 Å². The van der Waals surface area contributed by atoms with Gasteiger partial charge in [0.1, 0.15) is 0 Å². The summed E-state index contributed by atoms with van der Waals surface area (Å²) in [6.45, 7) is 5.79. The van der Waals surface area contributed by atoms with E-state index in [2.05, 4.69) is 48.4 Å². The molecule has 6 nitrogen and oxygen atoms in total. The second kappa shape index (κ2) is 14.8. The first-order valence-electron chi connectivity index (χ1n) is 13.3. The van der Waals surface area contributed by atoms with Crippen molar-refractivity contribution in [3.63, 3.8) is 0 Å². The number of aliphatic carboxylic acids is 1. The third kappa shape index (κ3) is 10.5. The van der Waals surface area contributed by atoms with Crippen molar-refractivity contribution in [2.24, 2.45) is 0 Å². The number of aromatic nitrogens is 1. The lowest BCUT2D eigenvalue weighted by Gasteiger charge is -2.29. The molecule has 0 unspecified atom stereocenters. The zero-order valence-electron chi connectivity index (χ0n) is 23.0. The van der Waals surface area contributed by atoms with Gasteiger partial charge in [-0.2, -0.15) is 0 Å². The minimum atomic E-state index is -0.856. The first kappa shape index (κ1) is 31.1. The molecule has 0 spiro atoms. The Kier molecular flexibility index (Phi) is 11.8. The third-order valence-corrected chi connectivity index (χ3v) is 7.39. The molecular weight excluding hydrogens is 533 g/mol. The summed E-state index contributed by atoms with van der Waals surface area (Å²) in [4.78, 5) is 17.5. The van der Waals surface area contributed by atoms with Gasteiger partial charge < -0.3 is 15.5 Å². The van der Waals surface area contributed by atoms with E-state index in [-0.39, 0.29) is 12.0 Å². The van der Waals surface area contributed by atoms with Crippen LogP contribution in [0.5, 0.6) is 0 Å². The normalized spacial score (nSPS) is 12.6. The number of β-amino-alcohol motifs (C(OH)–C–C–N with tert-alkyl or cyclic N) is 1. The van der Waals surface area contributed by atoms with Gasteiger partial charge in [-0.3, -0.25) is 14.7 Å². The predicted octanol–water partition coefficient (Wildman–Crippen LogP) is 6.26. The number of hydrogen-bond acceptors (Lipinski definition) is 5. The van der Waals surface area contributed by atoms with Gasteiger partial charge >= 0.3 is 5.97 Å². The molecule has 0 aliphatic rings. The number of nitrogens with zero attached hydrogens (tertiary/aromatic N) is 2. The second-order valence-corrected chi connectivity index (χ2v) is 11.6. The van der Waals surface area contributed by atoms with Crippen molar-refractivity contribution < 1.29 is 15.0 Å². The Hall–Kier alpha value is -2.48. The zero-order valence-corrected chi connectivity index (χ0v) is 24.5. The number of likely N-dealkylation sites (N-methyl/N-ethyl adjacent to an activating group) is 1. The maximum absolute atomic E-state index is 10.9. The van der Waals surface area contributed by atoms with Crippen LogP contribution in [0.1, 0.15) is 49.9 Å². The maximum atomic E-state index is 10.9. The van der Waals surface area contributed by atoms with E-state index >= 15 is 0 Å². The molecule has 3 N–H and O–H groups in total. The summed E-state index contributed by atoms with van der Waals surface area (Å²) in [5.41, 5.74) is 4.22. The van der Waals surface area contributed by atoms with E-state index < -0.39 is 12.1 Å². The minimum absolute atomic E-state index is 0.0242. The molecule has 0 amide bonds. The van der Waals surface area contributed by atoms with Crippen molar-refractivity contribution >= 4 is 29.2 Å². The van der Waals surface area contributed by atoms with Crippen LogP contribution in [-0.4, -0.2) is 57.8 Å². The minimum Gasteiger partial charge on any atom is -0.481 e. The van der Waals surface area contributed by atoms with Gasteiger partial charge in [0.25, 0.3) is 0 Å². The third-order valence-electron chi connectivity index (χ3n) is 6.72. The average molecular weight is 573 g/mol. The van der Waals surface area contributed by atoms with Crippen molar-refractivity contribution in [1.29, 1.82) is 0 Å². The fourth-order valence-corrected chi connectivity index (χ4v) is 5.14. The number of aliphatic hydroxyl groups is 1. The van der Waals surface area contributed by atoms with Crippen LogP contribution in [0.2, 0.25) is 10.0 Å². The highest BCUT2D eigenvalue weighted by atomic mass is 35.5. The van der Waals surface area contributed by atoms with Crippen LogP contribution in [-0.2, 0) is 24.2 Å². The van der Waals surface area contributed by atoms with Crippen molar-refractivity contribution in [3.8, 4) is 11.3 Å². The summed E-state index contributed by atoms with van der Waals surface area (Å²) >= 11 is 13.3. The molecule has 39 heavy (non-hydrogen) atoms. The fraction of sp³-hybridized carbons (Fsp3) is 0.419. The molecule has 0 radical (unpaired) electrons. The molecule has 1 atom stereocenters. The van der Waals surface area contributed by atoms with E-state index in [1.165, 1.54) is 5.56 Å². The number of nitrogens with one attached hydrogen (secondary N) is 1. The van der Waals surface area contributed by atoms with Crippen molar-refractivity contribution in [2.45, 2.75) is 64.1 Å². The number of aryl methyl sites for hydroxylation is 2. The summed E-state index contributed by atoms with van der Waals surface area (Å²) in [6, 6.07) is 19.7. The quantitative estimate of drug-likeness (QED) is 0.200. The highest BCUT2D eigenvalue weighted by Crippen LogP contribution is 2.32. The van der Waals surface area contributed by atoms with Gasteiger partial charge in [0, 0.05) is 58.5 Å². The van der Waals surface area contributed by atoms with Gasteiger partial charge in [-0.25, -0.2) is 0 Å². The van der Waals surface area contributed by atoms with Crippen LogP contribution in [0.3, 0.4) is 0 Å². The van der Waals surface area contributed by atoms with E-state index in [1.807, 2.05) is 48.3 Å². The van der Waals surface area contributed by atoms with Crippen LogP contribution in [0.25, 0.3) is 11.3 Å². The smallest absolute Gasteiger partial charge is 0.303 e. The van der Waals surface area contributed by atoms with Crippen LogP contribution >= 0.6 is 23.2 Å². The highest BCUT2D eigenvalue weighted by Gasteiger charge is 2.20. The molecule has 0 saturated heterocycles. The number of carboxylic acid groups (broad SMARTS) is 1. The number of rotatable bonds is 15. The molecule has 210 valence electrons. The number of carbonyl (C=O) groups is 1. The molecule has 1 aromatic heterocycles. The van der Waals surface area contributed by atoms with E-state index in [0.717, 1.165) is 30.4 Å². The zero-order chi connectivity index (χ0) is 28.4. The van der Waals surface area contributed by atoms with Gasteiger partial charge in [0.15, 0.2) is 0 Å². The number of pyridine rings is 1. The molecule has 8 heteroatoms. The largest absolute Gasteiger partial charge is 0.481 e. The van der Waals surface area contributed by atoms with Gasteiger partial charge in [-0.05, 0) is 70.0 Å². The lowest BCUT2D eigenvalue weighted by atomic mass is 9.95. The van der Waals surface area contributed by atoms with E-state index in [0.29, 0.717) is 47.5 Å². The molecule has 0 aliphatic heterocycles. The van der Waals surface area contributed by atoms with Crippen molar-refractivity contribution in [1.82, 2.24) is 15.2 Å². The summed E-state index contributed by atoms with van der Waals surface area (Å²) in [5.74, 6) is -0.856. The van der Waals surface area contributed by atoms with E-state index in [9.17, 15) is 9.90 Å². The van der Waals surface area contributed by atoms with Crippen LogP contribution < -0.4 is 5.32 Å². The Morgan fingerprint density at radius 2 is 1.74 bits per heavy atom.